The van der Waals surface area contributed by atoms with Crippen molar-refractivity contribution in [3.8, 4) is 11.3 Å². The highest BCUT2D eigenvalue weighted by atomic mass is 32.2. The van der Waals surface area contributed by atoms with Crippen LogP contribution in [-0.2, 0) is 16.6 Å². The average molecular weight is 553 g/mol. The largest absolute Gasteiger partial charge is 0.335 e. The fraction of sp³-hybridized carbons (Fsp3) is 0.429. The summed E-state index contributed by atoms with van der Waals surface area (Å²) in [6, 6.07) is 17.8. The zero-order valence-corrected chi connectivity index (χ0v) is 22.8. The van der Waals surface area contributed by atoms with Gasteiger partial charge in [-0.2, -0.15) is 0 Å². The van der Waals surface area contributed by atoms with Crippen LogP contribution in [0.15, 0.2) is 70.4 Å². The van der Waals surface area contributed by atoms with Gasteiger partial charge in [0.05, 0.1) is 16.6 Å². The number of piperazine rings is 1. The molecule has 0 bridgehead atoms. The summed E-state index contributed by atoms with van der Waals surface area (Å²) in [7, 11) is -3.66. The van der Waals surface area contributed by atoms with E-state index >= 15 is 0 Å². The minimum Gasteiger partial charge on any atom is -0.335 e. The molecule has 1 amide bonds. The van der Waals surface area contributed by atoms with Crippen molar-refractivity contribution >= 4 is 15.9 Å². The van der Waals surface area contributed by atoms with Crippen LogP contribution in [0.25, 0.3) is 11.3 Å². The maximum atomic E-state index is 14.1. The van der Waals surface area contributed by atoms with Crippen LogP contribution < -0.4 is 21.0 Å². The van der Waals surface area contributed by atoms with E-state index in [1.807, 2.05) is 30.3 Å². The van der Waals surface area contributed by atoms with Crippen LogP contribution in [0.2, 0.25) is 0 Å². The number of sulfonamides is 1. The third kappa shape index (κ3) is 6.01. The van der Waals surface area contributed by atoms with Crippen LogP contribution in [0.1, 0.15) is 35.8 Å². The summed E-state index contributed by atoms with van der Waals surface area (Å²) in [4.78, 5) is 30.1. The third-order valence-corrected chi connectivity index (χ3v) is 8.84. The van der Waals surface area contributed by atoms with Crippen LogP contribution in [0.3, 0.4) is 0 Å². The van der Waals surface area contributed by atoms with Crippen molar-refractivity contribution in [3.05, 3.63) is 76.8 Å². The molecule has 11 heteroatoms. The van der Waals surface area contributed by atoms with E-state index in [0.717, 1.165) is 24.9 Å². The second kappa shape index (κ2) is 12.3. The first-order chi connectivity index (χ1) is 19.0. The topological polar surface area (TPSA) is 117 Å². The van der Waals surface area contributed by atoms with Crippen molar-refractivity contribution < 1.29 is 13.2 Å². The highest BCUT2D eigenvalue weighted by molar-refractivity contribution is 7.89. The van der Waals surface area contributed by atoms with Gasteiger partial charge in [0.15, 0.2) is 0 Å². The van der Waals surface area contributed by atoms with Crippen LogP contribution in [0, 0.1) is 0 Å². The van der Waals surface area contributed by atoms with E-state index in [2.05, 4.69) is 15.4 Å². The van der Waals surface area contributed by atoms with Crippen LogP contribution >= 0.6 is 0 Å². The summed E-state index contributed by atoms with van der Waals surface area (Å²) in [5, 5.41) is 6.67. The van der Waals surface area contributed by atoms with E-state index < -0.39 is 10.0 Å². The van der Waals surface area contributed by atoms with Crippen molar-refractivity contribution in [3.63, 3.8) is 0 Å². The number of hydrogen-bond donors (Lipinski definition) is 3. The van der Waals surface area contributed by atoms with Gasteiger partial charge in [-0.1, -0.05) is 48.5 Å². The molecule has 3 aromatic rings. The normalized spacial score (nSPS) is 18.3. The Labute approximate surface area is 229 Å². The Morgan fingerprint density at radius 2 is 1.64 bits per heavy atom. The number of amides is 1. The standard InChI is InChI=1S/C28H36N6O4S/c35-27(32-19-16-29-17-20-32)26-25(22-9-3-1-4-10-22)34(23-11-7-14-30-21-23)28(36)33(26)18-8-15-31-39(37,38)24-12-5-2-6-13-24/h1-6,9-10,12-13,23,29-31H,7-8,11,14-21H2. The fourth-order valence-electron chi connectivity index (χ4n) is 5.40. The zero-order valence-electron chi connectivity index (χ0n) is 22.0. The molecule has 0 radical (unpaired) electrons. The Morgan fingerprint density at radius 3 is 2.31 bits per heavy atom. The number of carbonyl (C=O) groups is 1. The number of hydrogen-bond acceptors (Lipinski definition) is 6. The number of benzene rings is 2. The number of nitrogens with zero attached hydrogens (tertiary/aromatic N) is 3. The molecule has 2 saturated heterocycles. The number of rotatable bonds is 9. The molecule has 2 aliphatic heterocycles. The molecule has 0 aliphatic carbocycles. The number of aromatic nitrogens is 2. The third-order valence-electron chi connectivity index (χ3n) is 7.37. The Kier molecular flexibility index (Phi) is 8.61. The highest BCUT2D eigenvalue weighted by Crippen LogP contribution is 2.30. The van der Waals surface area contributed by atoms with Gasteiger partial charge in [-0.3, -0.25) is 13.9 Å². The summed E-state index contributed by atoms with van der Waals surface area (Å²) in [5.74, 6) is -0.167. The van der Waals surface area contributed by atoms with Crippen molar-refractivity contribution in [2.45, 2.75) is 36.7 Å². The monoisotopic (exact) mass is 552 g/mol. The second-order valence-electron chi connectivity index (χ2n) is 9.97. The lowest BCUT2D eigenvalue weighted by molar-refractivity contribution is 0.0725. The van der Waals surface area contributed by atoms with Gasteiger partial charge in [-0.05, 0) is 37.9 Å². The average Bonchev–Trinajstić information content (AvgIpc) is 3.28. The van der Waals surface area contributed by atoms with Gasteiger partial charge >= 0.3 is 5.69 Å². The Bertz CT molecular complexity index is 1420. The van der Waals surface area contributed by atoms with Gasteiger partial charge in [0, 0.05) is 51.4 Å². The molecule has 2 aromatic carbocycles. The van der Waals surface area contributed by atoms with Crippen molar-refractivity contribution in [1.29, 1.82) is 0 Å². The summed E-state index contributed by atoms with van der Waals surface area (Å²) in [6.07, 6.45) is 2.14. The molecule has 2 aliphatic rings. The molecular formula is C28H36N6O4S. The highest BCUT2D eigenvalue weighted by Gasteiger charge is 2.33. The van der Waals surface area contributed by atoms with E-state index in [1.165, 1.54) is 0 Å². The first kappa shape index (κ1) is 27.3. The van der Waals surface area contributed by atoms with Crippen LogP contribution in [-0.4, -0.2) is 74.2 Å². The molecule has 0 saturated carbocycles. The first-order valence-corrected chi connectivity index (χ1v) is 15.1. The van der Waals surface area contributed by atoms with E-state index in [0.29, 0.717) is 50.5 Å². The lowest BCUT2D eigenvalue weighted by Gasteiger charge is -2.28. The Balaban J connectivity index is 1.50. The summed E-state index contributed by atoms with van der Waals surface area (Å²) >= 11 is 0. The molecule has 208 valence electrons. The molecule has 10 nitrogen and oxygen atoms in total. The maximum Gasteiger partial charge on any atom is 0.329 e. The molecule has 39 heavy (non-hydrogen) atoms. The van der Waals surface area contributed by atoms with Gasteiger partial charge in [-0.25, -0.2) is 17.9 Å². The number of piperidine rings is 1. The van der Waals surface area contributed by atoms with Gasteiger partial charge in [0.2, 0.25) is 10.0 Å². The molecule has 3 N–H and O–H groups in total. The van der Waals surface area contributed by atoms with Crippen LogP contribution in [0.5, 0.6) is 0 Å². The minimum absolute atomic E-state index is 0.0751. The van der Waals surface area contributed by atoms with Crippen LogP contribution in [0.4, 0.5) is 0 Å². The maximum absolute atomic E-state index is 14.1. The van der Waals surface area contributed by atoms with E-state index in [4.69, 9.17) is 0 Å². The van der Waals surface area contributed by atoms with Gasteiger partial charge in [-0.15, -0.1) is 0 Å². The summed E-state index contributed by atoms with van der Waals surface area (Å²) < 4.78 is 31.4. The van der Waals surface area contributed by atoms with Gasteiger partial charge in [0.25, 0.3) is 5.91 Å². The molecular weight excluding hydrogens is 516 g/mol. The van der Waals surface area contributed by atoms with Gasteiger partial charge in [0.1, 0.15) is 5.69 Å². The first-order valence-electron chi connectivity index (χ1n) is 13.6. The zero-order chi connectivity index (χ0) is 27.2. The SMILES string of the molecule is O=C(c1c(-c2ccccc2)n(C2CCCNC2)c(=O)n1CCCNS(=O)(=O)c1ccccc1)N1CCNCC1. The Hall–Kier alpha value is -3.25. The van der Waals surface area contributed by atoms with Crippen molar-refractivity contribution in [1.82, 2.24) is 29.4 Å². The molecule has 1 atom stereocenters. The molecule has 5 rings (SSSR count). The lowest BCUT2D eigenvalue weighted by atomic mass is 10.0. The predicted octanol–water partition coefficient (Wildman–Crippen LogP) is 1.66. The number of carbonyl (C=O) groups excluding carboxylic acids is 1. The molecule has 0 spiro atoms. The molecule has 2 fully saturated rings. The van der Waals surface area contributed by atoms with Crippen molar-refractivity contribution in [2.24, 2.45) is 0 Å². The quantitative estimate of drug-likeness (QED) is 0.348. The van der Waals surface area contributed by atoms with Gasteiger partial charge < -0.3 is 15.5 Å². The fourth-order valence-corrected chi connectivity index (χ4v) is 6.49. The van der Waals surface area contributed by atoms with E-state index in [1.54, 1.807) is 44.4 Å². The number of imidazole rings is 1. The predicted molar refractivity (Wildman–Crippen MR) is 150 cm³/mol. The molecule has 1 unspecified atom stereocenters. The molecule has 3 heterocycles. The lowest BCUT2D eigenvalue weighted by Crippen LogP contribution is -2.47. The van der Waals surface area contributed by atoms with E-state index in [9.17, 15) is 18.0 Å². The minimum atomic E-state index is -3.66. The summed E-state index contributed by atoms with van der Waals surface area (Å²) in [5.41, 5.74) is 1.61. The smallest absolute Gasteiger partial charge is 0.329 e. The number of nitrogens with one attached hydrogen (secondary N) is 3. The Morgan fingerprint density at radius 1 is 0.949 bits per heavy atom. The van der Waals surface area contributed by atoms with Crippen molar-refractivity contribution in [2.75, 3.05) is 45.8 Å². The van der Waals surface area contributed by atoms with E-state index in [-0.39, 0.29) is 35.6 Å². The molecule has 1 aromatic heterocycles. The second-order valence-corrected chi connectivity index (χ2v) is 11.7. The summed E-state index contributed by atoms with van der Waals surface area (Å²) in [6.45, 7) is 4.44.